The Morgan fingerprint density at radius 1 is 0.895 bits per heavy atom. The summed E-state index contributed by atoms with van der Waals surface area (Å²) in [5, 5.41) is 27.0. The molecule has 4 aromatic rings. The van der Waals surface area contributed by atoms with E-state index in [2.05, 4.69) is 84.3 Å². The Hall–Kier alpha value is -4.12. The average Bonchev–Trinajstić information content (AvgIpc) is 4.07. The maximum atomic E-state index is 9.96. The number of oxime groups is 1. The molecule has 0 aromatic heterocycles. The fourth-order valence-corrected chi connectivity index (χ4v) is 10.6. The molecule has 0 amide bonds. The topological polar surface area (TPSA) is 92.8 Å². The second-order valence-electron chi connectivity index (χ2n) is 15.8. The third-order valence-electron chi connectivity index (χ3n) is 12.1. The second-order valence-corrected chi connectivity index (χ2v) is 17.1. The predicted octanol–water partition coefficient (Wildman–Crippen LogP) is 9.16. The number of allylic oxidation sites excluding steroid dienone is 1. The van der Waals surface area contributed by atoms with Gasteiger partial charge in [-0.2, -0.15) is 0 Å². The van der Waals surface area contributed by atoms with Crippen molar-refractivity contribution in [3.8, 4) is 11.5 Å². The standard InChI is InChI=1S/C48H56N2O6S/c1-2-27-54-48-45(57-39-20-18-35-14-6-7-15-36(35)29-39)32-43(49-55-33-34-12-4-3-5-13-34)41-30-37(16-8-10-25-51)40(17-9-11-26-52)46(47(41)48)42-31-38(19-21-44(42)56-48)53-28-24-50-22-23-50/h2-7,12-15,18-21,29-31,37,40,45-47,51-52H,1,8-11,16-17,22-28,32-33H2. The molecule has 0 radical (unpaired) electrons. The van der Waals surface area contributed by atoms with Gasteiger partial charge in [-0.3, -0.25) is 4.90 Å². The SMILES string of the molecule is C=CCOC12Oc3ccc(OCCN4CC4)cc3C3C(CCCCO)C(CCCCO)C=C(C(=NOCc4ccccc4)CC1Sc1ccc4ccccc4c1)C32. The zero-order valence-electron chi connectivity index (χ0n) is 32.8. The summed E-state index contributed by atoms with van der Waals surface area (Å²) < 4.78 is 21.0. The number of rotatable bonds is 20. The van der Waals surface area contributed by atoms with Gasteiger partial charge in [-0.15, -0.1) is 18.3 Å². The number of aliphatic hydroxyl groups is 2. The molecule has 2 heterocycles. The zero-order valence-corrected chi connectivity index (χ0v) is 33.7. The lowest BCUT2D eigenvalue weighted by Gasteiger charge is -2.58. The lowest BCUT2D eigenvalue weighted by molar-refractivity contribution is -0.223. The number of hydrogen-bond acceptors (Lipinski definition) is 9. The maximum Gasteiger partial charge on any atom is 0.231 e. The lowest BCUT2D eigenvalue weighted by atomic mass is 9.56. The molecular formula is C48H56N2O6S. The number of thioether (sulfide) groups is 1. The molecule has 0 bridgehead atoms. The van der Waals surface area contributed by atoms with E-state index in [1.54, 1.807) is 11.8 Å². The minimum absolute atomic E-state index is 0.00597. The molecule has 1 saturated heterocycles. The highest BCUT2D eigenvalue weighted by Crippen LogP contribution is 2.63. The predicted molar refractivity (Wildman–Crippen MR) is 228 cm³/mol. The number of ether oxygens (including phenoxy) is 3. The molecule has 2 aliphatic heterocycles. The Bertz CT molecular complexity index is 2030. The van der Waals surface area contributed by atoms with Crippen LogP contribution >= 0.6 is 11.8 Å². The molecule has 1 saturated carbocycles. The summed E-state index contributed by atoms with van der Waals surface area (Å²) in [6, 6.07) is 31.7. The Labute approximate surface area is 341 Å². The Balaban J connectivity index is 1.27. The molecule has 57 heavy (non-hydrogen) atoms. The van der Waals surface area contributed by atoms with E-state index >= 15 is 0 Å². The highest BCUT2D eigenvalue weighted by atomic mass is 32.2. The second kappa shape index (κ2) is 18.6. The van der Waals surface area contributed by atoms with E-state index in [1.807, 2.05) is 30.3 Å². The van der Waals surface area contributed by atoms with Crippen molar-refractivity contribution < 1.29 is 29.3 Å². The van der Waals surface area contributed by atoms with Crippen LogP contribution in [-0.2, 0) is 16.2 Å². The number of aliphatic hydroxyl groups excluding tert-OH is 2. The van der Waals surface area contributed by atoms with Gasteiger partial charge in [-0.05, 0) is 89.8 Å². The number of fused-ring (bicyclic) bond motifs is 3. The van der Waals surface area contributed by atoms with Gasteiger partial charge in [0.2, 0.25) is 5.79 Å². The lowest BCUT2D eigenvalue weighted by Crippen LogP contribution is -2.64. The van der Waals surface area contributed by atoms with Crippen LogP contribution in [0.4, 0.5) is 0 Å². The molecule has 6 atom stereocenters. The monoisotopic (exact) mass is 788 g/mol. The van der Waals surface area contributed by atoms with E-state index in [-0.39, 0.29) is 42.1 Å². The number of unbranched alkanes of at least 4 members (excludes halogenated alkanes) is 2. The summed E-state index contributed by atoms with van der Waals surface area (Å²) in [5.74, 6) is 0.847. The van der Waals surface area contributed by atoms with Gasteiger partial charge in [-0.25, -0.2) is 0 Å². The third-order valence-corrected chi connectivity index (χ3v) is 13.4. The molecule has 4 aliphatic rings. The van der Waals surface area contributed by atoms with Crippen LogP contribution in [0.3, 0.4) is 0 Å². The molecular weight excluding hydrogens is 733 g/mol. The maximum absolute atomic E-state index is 9.96. The van der Waals surface area contributed by atoms with E-state index < -0.39 is 5.79 Å². The number of hydrogen-bond donors (Lipinski definition) is 2. The molecule has 0 spiro atoms. The van der Waals surface area contributed by atoms with Gasteiger partial charge in [0.05, 0.1) is 23.5 Å². The van der Waals surface area contributed by atoms with Crippen LogP contribution in [0.1, 0.15) is 62.0 Å². The summed E-state index contributed by atoms with van der Waals surface area (Å²) in [6.07, 6.45) is 10.0. The third kappa shape index (κ3) is 8.98. The molecule has 4 aromatic carbocycles. The van der Waals surface area contributed by atoms with Gasteiger partial charge in [0, 0.05) is 55.6 Å². The minimum atomic E-state index is -1.06. The highest BCUT2D eigenvalue weighted by Gasteiger charge is 2.64. The Morgan fingerprint density at radius 2 is 1.68 bits per heavy atom. The van der Waals surface area contributed by atoms with Gasteiger partial charge < -0.3 is 29.3 Å². The van der Waals surface area contributed by atoms with Crippen LogP contribution < -0.4 is 9.47 Å². The van der Waals surface area contributed by atoms with Crippen molar-refractivity contribution in [1.82, 2.24) is 4.90 Å². The molecule has 2 fully saturated rings. The fourth-order valence-electron chi connectivity index (χ4n) is 9.27. The Morgan fingerprint density at radius 3 is 2.47 bits per heavy atom. The van der Waals surface area contributed by atoms with E-state index in [1.165, 1.54) is 10.8 Å². The van der Waals surface area contributed by atoms with Crippen LogP contribution in [0.2, 0.25) is 0 Å². The molecule has 2 aliphatic carbocycles. The molecule has 8 nitrogen and oxygen atoms in total. The summed E-state index contributed by atoms with van der Waals surface area (Å²) in [6.45, 7) is 8.94. The van der Waals surface area contributed by atoms with Crippen molar-refractivity contribution >= 4 is 28.2 Å². The fraction of sp³-hybridized carbons (Fsp3) is 0.438. The van der Waals surface area contributed by atoms with Gasteiger partial charge in [0.25, 0.3) is 0 Å². The summed E-state index contributed by atoms with van der Waals surface area (Å²) >= 11 is 1.79. The molecule has 2 N–H and O–H groups in total. The minimum Gasteiger partial charge on any atom is -0.492 e. The van der Waals surface area contributed by atoms with E-state index in [0.29, 0.717) is 26.2 Å². The number of benzene rings is 4. The van der Waals surface area contributed by atoms with Crippen molar-refractivity contribution in [2.75, 3.05) is 46.1 Å². The zero-order chi connectivity index (χ0) is 39.0. The van der Waals surface area contributed by atoms with Crippen molar-refractivity contribution in [1.29, 1.82) is 0 Å². The first-order valence-corrected chi connectivity index (χ1v) is 21.7. The van der Waals surface area contributed by atoms with E-state index in [4.69, 9.17) is 24.2 Å². The van der Waals surface area contributed by atoms with Crippen LogP contribution in [0.25, 0.3) is 10.8 Å². The van der Waals surface area contributed by atoms with Crippen molar-refractivity contribution in [2.45, 2.75) is 73.4 Å². The molecule has 8 rings (SSSR count). The number of nitrogens with zero attached hydrogens (tertiary/aromatic N) is 2. The van der Waals surface area contributed by atoms with Crippen molar-refractivity contribution in [3.05, 3.63) is 126 Å². The highest BCUT2D eigenvalue weighted by molar-refractivity contribution is 8.00. The van der Waals surface area contributed by atoms with E-state index in [9.17, 15) is 10.2 Å². The van der Waals surface area contributed by atoms with Crippen LogP contribution in [0.5, 0.6) is 11.5 Å². The Kier molecular flexibility index (Phi) is 13.0. The van der Waals surface area contributed by atoms with Gasteiger partial charge in [-0.1, -0.05) is 90.8 Å². The van der Waals surface area contributed by atoms with Crippen LogP contribution in [0, 0.1) is 17.8 Å². The first-order valence-electron chi connectivity index (χ1n) is 20.8. The summed E-state index contributed by atoms with van der Waals surface area (Å²) in [7, 11) is 0. The normalized spacial score (nSPS) is 25.6. The largest absolute Gasteiger partial charge is 0.492 e. The summed E-state index contributed by atoms with van der Waals surface area (Å²) in [5.41, 5.74) is 4.25. The van der Waals surface area contributed by atoms with Gasteiger partial charge in [0.15, 0.2) is 0 Å². The van der Waals surface area contributed by atoms with Crippen molar-refractivity contribution in [3.63, 3.8) is 0 Å². The van der Waals surface area contributed by atoms with Gasteiger partial charge >= 0.3 is 0 Å². The summed E-state index contributed by atoms with van der Waals surface area (Å²) in [4.78, 5) is 9.76. The first-order chi connectivity index (χ1) is 28.1. The van der Waals surface area contributed by atoms with Crippen LogP contribution in [-0.4, -0.2) is 77.9 Å². The molecule has 9 heteroatoms. The first kappa shape index (κ1) is 39.7. The molecule has 6 unspecified atom stereocenters. The average molecular weight is 789 g/mol. The van der Waals surface area contributed by atoms with Gasteiger partial charge in [0.1, 0.15) is 24.7 Å². The smallest absolute Gasteiger partial charge is 0.231 e. The quantitative estimate of drug-likeness (QED) is 0.0397. The van der Waals surface area contributed by atoms with Crippen molar-refractivity contribution in [2.24, 2.45) is 22.9 Å². The van der Waals surface area contributed by atoms with Crippen LogP contribution in [0.15, 0.2) is 125 Å². The molecule has 300 valence electrons. The van der Waals surface area contributed by atoms with E-state index in [0.717, 1.165) is 97.0 Å².